The van der Waals surface area contributed by atoms with E-state index in [1.165, 1.54) is 4.90 Å². The van der Waals surface area contributed by atoms with Crippen LogP contribution >= 0.6 is 0 Å². The molecule has 3 rings (SSSR count). The van der Waals surface area contributed by atoms with Gasteiger partial charge in [-0.1, -0.05) is 12.8 Å². The molecule has 0 aromatic rings. The summed E-state index contributed by atoms with van der Waals surface area (Å²) in [4.78, 5) is 37.0. The maximum atomic E-state index is 12.3. The molecule has 0 aromatic carbocycles. The van der Waals surface area contributed by atoms with Crippen molar-refractivity contribution in [2.24, 2.45) is 0 Å². The molecule has 6 nitrogen and oxygen atoms in total. The first-order valence-electron chi connectivity index (χ1n) is 7.04. The lowest BCUT2D eigenvalue weighted by Gasteiger charge is -2.19. The summed E-state index contributed by atoms with van der Waals surface area (Å²) in [6, 6.07) is -0.0251. The van der Waals surface area contributed by atoms with Crippen molar-refractivity contribution < 1.29 is 14.4 Å². The first-order chi connectivity index (χ1) is 9.11. The Kier molecular flexibility index (Phi) is 2.95. The zero-order valence-electron chi connectivity index (χ0n) is 10.9. The summed E-state index contributed by atoms with van der Waals surface area (Å²) in [5, 5.41) is 5.67. The van der Waals surface area contributed by atoms with Gasteiger partial charge < -0.3 is 10.6 Å². The highest BCUT2D eigenvalue weighted by Crippen LogP contribution is 2.35. The first kappa shape index (κ1) is 12.4. The number of nitrogens with one attached hydrogen (secondary N) is 2. The highest BCUT2D eigenvalue weighted by molar-refractivity contribution is 6.07. The van der Waals surface area contributed by atoms with E-state index in [9.17, 15) is 14.4 Å². The van der Waals surface area contributed by atoms with Crippen LogP contribution in [0.3, 0.4) is 0 Å². The fraction of sp³-hybridized carbons (Fsp3) is 0.769. The predicted octanol–water partition coefficient (Wildman–Crippen LogP) is 0.520. The zero-order valence-corrected chi connectivity index (χ0v) is 10.9. The lowest BCUT2D eigenvalue weighted by Crippen LogP contribution is -2.44. The third-order valence-electron chi connectivity index (χ3n) is 4.21. The topological polar surface area (TPSA) is 78.5 Å². The van der Waals surface area contributed by atoms with E-state index in [-0.39, 0.29) is 30.8 Å². The van der Waals surface area contributed by atoms with Crippen molar-refractivity contribution in [1.82, 2.24) is 15.5 Å². The Morgan fingerprint density at radius 3 is 2.63 bits per heavy atom. The standard InChI is InChI=1S/C13H19N3O3/c17-10(14-9-3-4-9)5-8-16-11(18)13(15-12(16)19)6-1-2-7-13/h9H,1-8H2,(H,14,17)(H,15,19). The third-order valence-corrected chi connectivity index (χ3v) is 4.21. The number of nitrogens with zero attached hydrogens (tertiary/aromatic N) is 1. The van der Waals surface area contributed by atoms with Gasteiger partial charge in [-0.05, 0) is 25.7 Å². The number of hydrogen-bond donors (Lipinski definition) is 2. The van der Waals surface area contributed by atoms with Crippen molar-refractivity contribution >= 4 is 17.8 Å². The van der Waals surface area contributed by atoms with Gasteiger partial charge in [0, 0.05) is 19.0 Å². The van der Waals surface area contributed by atoms with Crippen LogP contribution < -0.4 is 10.6 Å². The van der Waals surface area contributed by atoms with Crippen LogP contribution in [0, 0.1) is 0 Å². The van der Waals surface area contributed by atoms with Gasteiger partial charge in [-0.25, -0.2) is 4.79 Å². The Labute approximate surface area is 111 Å². The van der Waals surface area contributed by atoms with Gasteiger partial charge in [0.05, 0.1) is 0 Å². The molecule has 0 atom stereocenters. The third kappa shape index (κ3) is 2.31. The van der Waals surface area contributed by atoms with Crippen molar-refractivity contribution in [2.45, 2.75) is 56.5 Å². The van der Waals surface area contributed by atoms with Gasteiger partial charge in [0.15, 0.2) is 0 Å². The van der Waals surface area contributed by atoms with Crippen molar-refractivity contribution in [3.8, 4) is 0 Å². The number of imide groups is 1. The van der Waals surface area contributed by atoms with E-state index < -0.39 is 5.54 Å². The Bertz CT molecular complexity index is 425. The summed E-state index contributed by atoms with van der Waals surface area (Å²) in [6.45, 7) is 0.185. The van der Waals surface area contributed by atoms with Crippen LogP contribution in [0.5, 0.6) is 0 Å². The molecule has 19 heavy (non-hydrogen) atoms. The summed E-state index contributed by atoms with van der Waals surface area (Å²) in [5.41, 5.74) is -0.663. The molecule has 0 bridgehead atoms. The zero-order chi connectivity index (χ0) is 13.5. The molecule has 104 valence electrons. The number of rotatable bonds is 4. The normalized spacial score (nSPS) is 24.9. The minimum Gasteiger partial charge on any atom is -0.353 e. The van der Waals surface area contributed by atoms with Gasteiger partial charge in [-0.2, -0.15) is 0 Å². The number of hydrogen-bond acceptors (Lipinski definition) is 3. The van der Waals surface area contributed by atoms with Gasteiger partial charge in [-0.3, -0.25) is 14.5 Å². The second-order valence-corrected chi connectivity index (χ2v) is 5.77. The second-order valence-electron chi connectivity index (χ2n) is 5.77. The summed E-state index contributed by atoms with van der Waals surface area (Å²) < 4.78 is 0. The molecule has 0 aromatic heterocycles. The molecule has 1 saturated heterocycles. The van der Waals surface area contributed by atoms with E-state index in [2.05, 4.69) is 10.6 Å². The maximum Gasteiger partial charge on any atom is 0.325 e. The number of carbonyl (C=O) groups is 3. The molecule has 1 heterocycles. The molecular weight excluding hydrogens is 246 g/mol. The quantitative estimate of drug-likeness (QED) is 0.727. The summed E-state index contributed by atoms with van der Waals surface area (Å²) in [7, 11) is 0. The van der Waals surface area contributed by atoms with Crippen LogP contribution in [0.2, 0.25) is 0 Å². The Morgan fingerprint density at radius 1 is 1.32 bits per heavy atom. The molecule has 1 aliphatic heterocycles. The summed E-state index contributed by atoms with van der Waals surface area (Å²) in [5.74, 6) is -0.218. The smallest absolute Gasteiger partial charge is 0.325 e. The molecule has 2 saturated carbocycles. The minimum atomic E-state index is -0.663. The fourth-order valence-electron chi connectivity index (χ4n) is 2.94. The van der Waals surface area contributed by atoms with Crippen LogP contribution in [-0.2, 0) is 9.59 Å². The van der Waals surface area contributed by atoms with Crippen LogP contribution in [0.15, 0.2) is 0 Å². The van der Waals surface area contributed by atoms with E-state index in [4.69, 9.17) is 0 Å². The molecule has 0 unspecified atom stereocenters. The Hall–Kier alpha value is -1.59. The van der Waals surface area contributed by atoms with Crippen LogP contribution in [0.1, 0.15) is 44.9 Å². The highest BCUT2D eigenvalue weighted by Gasteiger charge is 2.52. The fourth-order valence-corrected chi connectivity index (χ4v) is 2.94. The number of amides is 4. The predicted molar refractivity (Wildman–Crippen MR) is 67.2 cm³/mol. The number of urea groups is 1. The molecule has 4 amide bonds. The Morgan fingerprint density at radius 2 is 2.00 bits per heavy atom. The van der Waals surface area contributed by atoms with E-state index in [0.29, 0.717) is 6.04 Å². The van der Waals surface area contributed by atoms with Crippen molar-refractivity contribution in [2.75, 3.05) is 6.54 Å². The Balaban J connectivity index is 1.56. The molecular formula is C13H19N3O3. The van der Waals surface area contributed by atoms with E-state index in [1.807, 2.05) is 0 Å². The van der Waals surface area contributed by atoms with Gasteiger partial charge in [0.25, 0.3) is 5.91 Å². The van der Waals surface area contributed by atoms with Gasteiger partial charge in [0.2, 0.25) is 5.91 Å². The van der Waals surface area contributed by atoms with Crippen LogP contribution in [0.4, 0.5) is 4.79 Å². The second kappa shape index (κ2) is 4.51. The summed E-state index contributed by atoms with van der Waals surface area (Å²) >= 11 is 0. The van der Waals surface area contributed by atoms with Crippen molar-refractivity contribution in [3.63, 3.8) is 0 Å². The average Bonchev–Trinajstić information content (AvgIpc) is 2.99. The molecule has 0 radical (unpaired) electrons. The molecule has 6 heteroatoms. The lowest BCUT2D eigenvalue weighted by molar-refractivity contribution is -0.131. The highest BCUT2D eigenvalue weighted by atomic mass is 16.2. The summed E-state index contributed by atoms with van der Waals surface area (Å²) in [6.07, 6.45) is 5.68. The number of carbonyl (C=O) groups excluding carboxylic acids is 3. The maximum absolute atomic E-state index is 12.3. The molecule has 2 aliphatic carbocycles. The minimum absolute atomic E-state index is 0.0736. The van der Waals surface area contributed by atoms with Gasteiger partial charge in [-0.15, -0.1) is 0 Å². The lowest BCUT2D eigenvalue weighted by atomic mass is 9.98. The largest absolute Gasteiger partial charge is 0.353 e. The monoisotopic (exact) mass is 265 g/mol. The van der Waals surface area contributed by atoms with E-state index in [0.717, 1.165) is 38.5 Å². The average molecular weight is 265 g/mol. The SMILES string of the molecule is O=C(CCN1C(=O)NC2(CCCC2)C1=O)NC1CC1. The molecule has 3 aliphatic rings. The van der Waals surface area contributed by atoms with E-state index >= 15 is 0 Å². The molecule has 3 fully saturated rings. The van der Waals surface area contributed by atoms with Crippen LogP contribution in [0.25, 0.3) is 0 Å². The van der Waals surface area contributed by atoms with Crippen molar-refractivity contribution in [3.05, 3.63) is 0 Å². The van der Waals surface area contributed by atoms with Gasteiger partial charge >= 0.3 is 6.03 Å². The van der Waals surface area contributed by atoms with Crippen LogP contribution in [-0.4, -0.2) is 40.9 Å². The first-order valence-corrected chi connectivity index (χ1v) is 7.04. The van der Waals surface area contributed by atoms with Gasteiger partial charge in [0.1, 0.15) is 5.54 Å². The van der Waals surface area contributed by atoms with Crippen molar-refractivity contribution in [1.29, 1.82) is 0 Å². The molecule has 1 spiro atoms. The molecule has 2 N–H and O–H groups in total. The van der Waals surface area contributed by atoms with E-state index in [1.54, 1.807) is 0 Å².